The molecule has 0 aliphatic carbocycles. The number of nitrogens with two attached hydrogens (primary N) is 1. The molecule has 0 amide bonds. The molecule has 2 N–H and O–H groups in total. The van der Waals surface area contributed by atoms with Gasteiger partial charge < -0.3 is 10.6 Å². The molecule has 3 heterocycles. The summed E-state index contributed by atoms with van der Waals surface area (Å²) in [5, 5.41) is 0. The summed E-state index contributed by atoms with van der Waals surface area (Å²) in [5.41, 5.74) is 5.72. The molecule has 4 nitrogen and oxygen atoms in total. The largest absolute Gasteiger partial charge is 0.433 e. The predicted molar refractivity (Wildman–Crippen MR) is 75.1 cm³/mol. The third-order valence-electron chi connectivity index (χ3n) is 4.36. The van der Waals surface area contributed by atoms with Crippen LogP contribution in [0.3, 0.4) is 0 Å². The summed E-state index contributed by atoms with van der Waals surface area (Å²) < 4.78 is 38.3. The summed E-state index contributed by atoms with van der Waals surface area (Å²) in [5.74, 6) is 0. The van der Waals surface area contributed by atoms with Gasteiger partial charge in [0, 0.05) is 19.1 Å². The van der Waals surface area contributed by atoms with Gasteiger partial charge in [-0.3, -0.25) is 4.90 Å². The van der Waals surface area contributed by atoms with Crippen LogP contribution in [0.25, 0.3) is 0 Å². The average Bonchev–Trinajstić information content (AvgIpc) is 3.09. The van der Waals surface area contributed by atoms with E-state index >= 15 is 0 Å². The van der Waals surface area contributed by atoms with E-state index in [1.807, 2.05) is 4.90 Å². The van der Waals surface area contributed by atoms with Crippen molar-refractivity contribution in [2.24, 2.45) is 0 Å². The third kappa shape index (κ3) is 2.92. The van der Waals surface area contributed by atoms with Crippen molar-refractivity contribution in [3.8, 4) is 0 Å². The molecule has 2 aliphatic rings. The number of nitrogens with zero attached hydrogens (tertiary/aromatic N) is 3. The van der Waals surface area contributed by atoms with E-state index in [9.17, 15) is 13.2 Å². The van der Waals surface area contributed by atoms with Crippen LogP contribution < -0.4 is 10.6 Å². The van der Waals surface area contributed by atoms with Gasteiger partial charge in [0.2, 0.25) is 0 Å². The second kappa shape index (κ2) is 5.36. The minimum atomic E-state index is -4.43. The van der Waals surface area contributed by atoms with Gasteiger partial charge in [-0.15, -0.1) is 0 Å². The second-order valence-electron chi connectivity index (χ2n) is 5.76. The molecule has 0 aromatic carbocycles. The Labute approximate surface area is 121 Å². The van der Waals surface area contributed by atoms with Gasteiger partial charge in [0.15, 0.2) is 0 Å². The highest BCUT2D eigenvalue weighted by Gasteiger charge is 2.35. The molecule has 0 bridgehead atoms. The molecule has 21 heavy (non-hydrogen) atoms. The molecule has 3 rings (SSSR count). The zero-order valence-electron chi connectivity index (χ0n) is 11.7. The van der Waals surface area contributed by atoms with Crippen LogP contribution in [0.2, 0.25) is 0 Å². The first-order valence-corrected chi connectivity index (χ1v) is 7.27. The fourth-order valence-electron chi connectivity index (χ4n) is 3.25. The second-order valence-corrected chi connectivity index (χ2v) is 5.76. The zero-order chi connectivity index (χ0) is 15.0. The van der Waals surface area contributed by atoms with Gasteiger partial charge in [-0.1, -0.05) is 0 Å². The van der Waals surface area contributed by atoms with Crippen molar-refractivity contribution in [3.63, 3.8) is 0 Å². The number of hydrogen-bond acceptors (Lipinski definition) is 4. The molecule has 2 saturated heterocycles. The maximum absolute atomic E-state index is 12.8. The SMILES string of the molecule is Nc1cnc(C(F)(F)F)cc1N1CCC(N2CCCC2)C1. The summed E-state index contributed by atoms with van der Waals surface area (Å²) in [6, 6.07) is 1.50. The number of alkyl halides is 3. The Morgan fingerprint density at radius 1 is 1.19 bits per heavy atom. The van der Waals surface area contributed by atoms with Gasteiger partial charge in [-0.05, 0) is 38.4 Å². The Balaban J connectivity index is 1.78. The van der Waals surface area contributed by atoms with Crippen molar-refractivity contribution in [1.29, 1.82) is 0 Å². The first-order valence-electron chi connectivity index (χ1n) is 7.27. The number of nitrogen functional groups attached to an aromatic ring is 1. The molecular weight excluding hydrogens is 281 g/mol. The first-order chi connectivity index (χ1) is 9.95. The van der Waals surface area contributed by atoms with Crippen LogP contribution in [0.4, 0.5) is 24.5 Å². The first kappa shape index (κ1) is 14.4. The van der Waals surface area contributed by atoms with Crippen molar-refractivity contribution in [2.45, 2.75) is 31.5 Å². The van der Waals surface area contributed by atoms with Crippen molar-refractivity contribution in [2.75, 3.05) is 36.8 Å². The number of halogens is 3. The van der Waals surface area contributed by atoms with Crippen LogP contribution in [0.15, 0.2) is 12.3 Å². The smallest absolute Gasteiger partial charge is 0.396 e. The van der Waals surface area contributed by atoms with E-state index in [1.54, 1.807) is 0 Å². The molecule has 2 aliphatic heterocycles. The van der Waals surface area contributed by atoms with E-state index in [2.05, 4.69) is 9.88 Å². The standard InChI is InChI=1S/C14H19F3N4/c15-14(16,17)13-7-12(11(18)8-19-13)21-6-3-10(9-21)20-4-1-2-5-20/h7-8,10H,1-6,9,18H2. The maximum Gasteiger partial charge on any atom is 0.433 e. The predicted octanol–water partition coefficient (Wildman–Crippen LogP) is 2.36. The number of anilines is 2. The van der Waals surface area contributed by atoms with Crippen LogP contribution in [0.1, 0.15) is 25.0 Å². The Hall–Kier alpha value is -1.50. The quantitative estimate of drug-likeness (QED) is 0.911. The van der Waals surface area contributed by atoms with E-state index in [4.69, 9.17) is 5.73 Å². The molecule has 1 aromatic rings. The summed E-state index contributed by atoms with van der Waals surface area (Å²) in [6.07, 6.45) is 0.0826. The van der Waals surface area contributed by atoms with Gasteiger partial charge in [-0.25, -0.2) is 4.98 Å². The summed E-state index contributed by atoms with van der Waals surface area (Å²) >= 11 is 0. The van der Waals surface area contributed by atoms with Gasteiger partial charge in [-0.2, -0.15) is 13.2 Å². The van der Waals surface area contributed by atoms with Crippen LogP contribution >= 0.6 is 0 Å². The molecule has 0 saturated carbocycles. The van der Waals surface area contributed by atoms with Crippen LogP contribution in [0.5, 0.6) is 0 Å². The van der Waals surface area contributed by atoms with Crippen molar-refractivity contribution in [3.05, 3.63) is 18.0 Å². The number of likely N-dealkylation sites (tertiary alicyclic amines) is 1. The van der Waals surface area contributed by atoms with Crippen LogP contribution in [-0.2, 0) is 6.18 Å². The van der Waals surface area contributed by atoms with Gasteiger partial charge in [0.05, 0.1) is 17.6 Å². The number of hydrogen-bond donors (Lipinski definition) is 1. The van der Waals surface area contributed by atoms with Crippen molar-refractivity contribution >= 4 is 11.4 Å². The van der Waals surface area contributed by atoms with Gasteiger partial charge >= 0.3 is 6.18 Å². The molecular formula is C14H19F3N4. The fraction of sp³-hybridized carbons (Fsp3) is 0.643. The Kier molecular flexibility index (Phi) is 3.69. The normalized spacial score (nSPS) is 24.0. The van der Waals surface area contributed by atoms with Crippen LogP contribution in [0, 0.1) is 0 Å². The minimum absolute atomic E-state index is 0.310. The summed E-state index contributed by atoms with van der Waals surface area (Å²) in [4.78, 5) is 7.78. The van der Waals surface area contributed by atoms with Crippen LogP contribution in [-0.4, -0.2) is 42.1 Å². The van der Waals surface area contributed by atoms with Gasteiger partial charge in [0.25, 0.3) is 0 Å². The molecule has 1 aromatic heterocycles. The lowest BCUT2D eigenvalue weighted by Gasteiger charge is -2.25. The Morgan fingerprint density at radius 3 is 2.57 bits per heavy atom. The highest BCUT2D eigenvalue weighted by Crippen LogP contribution is 2.34. The highest BCUT2D eigenvalue weighted by atomic mass is 19.4. The Bertz CT molecular complexity index is 511. The van der Waals surface area contributed by atoms with E-state index < -0.39 is 11.9 Å². The molecule has 2 fully saturated rings. The topological polar surface area (TPSA) is 45.4 Å². The average molecular weight is 300 g/mol. The maximum atomic E-state index is 12.8. The lowest BCUT2D eigenvalue weighted by molar-refractivity contribution is -0.141. The fourth-order valence-corrected chi connectivity index (χ4v) is 3.25. The van der Waals surface area contributed by atoms with E-state index in [-0.39, 0.29) is 0 Å². The molecule has 1 atom stereocenters. The van der Waals surface area contributed by atoms with Gasteiger partial charge in [0.1, 0.15) is 5.69 Å². The van der Waals surface area contributed by atoms with E-state index in [0.717, 1.165) is 44.9 Å². The number of aromatic nitrogens is 1. The summed E-state index contributed by atoms with van der Waals surface area (Å²) in [6.45, 7) is 3.68. The van der Waals surface area contributed by atoms with E-state index in [0.29, 0.717) is 17.4 Å². The molecule has 0 radical (unpaired) electrons. The van der Waals surface area contributed by atoms with E-state index in [1.165, 1.54) is 12.8 Å². The third-order valence-corrected chi connectivity index (χ3v) is 4.36. The molecule has 1 unspecified atom stereocenters. The monoisotopic (exact) mass is 300 g/mol. The molecule has 0 spiro atoms. The lowest BCUT2D eigenvalue weighted by Crippen LogP contribution is -2.35. The zero-order valence-corrected chi connectivity index (χ0v) is 11.7. The molecule has 7 heteroatoms. The minimum Gasteiger partial charge on any atom is -0.396 e. The van der Waals surface area contributed by atoms with Crippen molar-refractivity contribution < 1.29 is 13.2 Å². The highest BCUT2D eigenvalue weighted by molar-refractivity contribution is 5.67. The lowest BCUT2D eigenvalue weighted by atomic mass is 10.2. The number of rotatable bonds is 2. The number of pyridine rings is 1. The Morgan fingerprint density at radius 2 is 1.90 bits per heavy atom. The molecule has 116 valence electrons. The van der Waals surface area contributed by atoms with Crippen molar-refractivity contribution in [1.82, 2.24) is 9.88 Å². The summed E-state index contributed by atoms with van der Waals surface area (Å²) in [7, 11) is 0.